The number of benzene rings is 8. The Morgan fingerprint density at radius 3 is 1.49 bits per heavy atom. The van der Waals surface area contributed by atoms with Crippen molar-refractivity contribution in [3.05, 3.63) is 158 Å². The average molecular weight is 547 g/mol. The summed E-state index contributed by atoms with van der Waals surface area (Å²) in [4.78, 5) is 0. The van der Waals surface area contributed by atoms with Crippen molar-refractivity contribution in [3.8, 4) is 33.4 Å². The molecule has 0 amide bonds. The summed E-state index contributed by atoms with van der Waals surface area (Å²) < 4.78 is 6.41. The molecule has 1 heterocycles. The average Bonchev–Trinajstić information content (AvgIpc) is 3.43. The number of rotatable bonds is 3. The lowest BCUT2D eigenvalue weighted by molar-refractivity contribution is 0.669. The van der Waals surface area contributed by atoms with Gasteiger partial charge in [0.15, 0.2) is 0 Å². The van der Waals surface area contributed by atoms with Crippen LogP contribution in [0.3, 0.4) is 0 Å². The van der Waals surface area contributed by atoms with Crippen molar-refractivity contribution in [2.75, 3.05) is 0 Å². The first-order valence-corrected chi connectivity index (χ1v) is 14.8. The van der Waals surface area contributed by atoms with Gasteiger partial charge in [0.1, 0.15) is 11.2 Å². The minimum absolute atomic E-state index is 0.913. The zero-order valence-electron chi connectivity index (χ0n) is 23.4. The van der Waals surface area contributed by atoms with Crippen molar-refractivity contribution < 1.29 is 4.42 Å². The first-order chi connectivity index (χ1) is 21.3. The number of furan rings is 1. The lowest BCUT2D eigenvalue weighted by atomic mass is 9.85. The third-order valence-electron chi connectivity index (χ3n) is 8.82. The van der Waals surface area contributed by atoms with Crippen molar-refractivity contribution in [2.24, 2.45) is 0 Å². The predicted octanol–water partition coefficient (Wildman–Crippen LogP) is 12.0. The second kappa shape index (κ2) is 9.44. The molecule has 1 aromatic heterocycles. The molecule has 0 fully saturated rings. The van der Waals surface area contributed by atoms with E-state index in [-0.39, 0.29) is 0 Å². The molecule has 1 nitrogen and oxygen atoms in total. The molecular formula is C42H26O. The maximum absolute atomic E-state index is 6.41. The highest BCUT2D eigenvalue weighted by Crippen LogP contribution is 2.44. The standard InChI is InChI=1S/C42H26O/c1-2-11-27(12-3-1)41-34-17-6-8-19-36(34)42(37-20-9-7-18-35(37)41)32-16-10-15-28(23-32)31-21-22-33-38-24-29-13-4-5-14-30(29)25-40(38)43-39(33)26-31/h1-26H. The summed E-state index contributed by atoms with van der Waals surface area (Å²) in [5, 5.41) is 9.79. The van der Waals surface area contributed by atoms with Crippen LogP contribution >= 0.6 is 0 Å². The van der Waals surface area contributed by atoms with E-state index in [1.165, 1.54) is 60.1 Å². The SMILES string of the molecule is c1ccc(-c2c3ccccc3c(-c3cccc(-c4ccc5c(c4)oc4cc6ccccc6cc45)c3)c3ccccc23)cc1. The molecule has 200 valence electrons. The van der Waals surface area contributed by atoms with Crippen LogP contribution < -0.4 is 0 Å². The minimum Gasteiger partial charge on any atom is -0.456 e. The predicted molar refractivity (Wildman–Crippen MR) is 183 cm³/mol. The van der Waals surface area contributed by atoms with Gasteiger partial charge >= 0.3 is 0 Å². The largest absolute Gasteiger partial charge is 0.456 e. The fraction of sp³-hybridized carbons (Fsp3) is 0. The molecule has 0 saturated heterocycles. The van der Waals surface area contributed by atoms with Gasteiger partial charge in [0.2, 0.25) is 0 Å². The summed E-state index contributed by atoms with van der Waals surface area (Å²) >= 11 is 0. The van der Waals surface area contributed by atoms with Gasteiger partial charge in [0.05, 0.1) is 0 Å². The first-order valence-electron chi connectivity index (χ1n) is 14.8. The van der Waals surface area contributed by atoms with Gasteiger partial charge in [0, 0.05) is 10.8 Å². The van der Waals surface area contributed by atoms with Gasteiger partial charge in [-0.05, 0) is 96.0 Å². The number of hydrogen-bond acceptors (Lipinski definition) is 1. The van der Waals surface area contributed by atoms with Crippen molar-refractivity contribution in [2.45, 2.75) is 0 Å². The van der Waals surface area contributed by atoms with Gasteiger partial charge in [-0.2, -0.15) is 0 Å². The Morgan fingerprint density at radius 2 is 0.791 bits per heavy atom. The van der Waals surface area contributed by atoms with E-state index < -0.39 is 0 Å². The van der Waals surface area contributed by atoms with E-state index in [1.807, 2.05) is 0 Å². The van der Waals surface area contributed by atoms with E-state index in [0.29, 0.717) is 0 Å². The van der Waals surface area contributed by atoms with Crippen molar-refractivity contribution in [1.29, 1.82) is 0 Å². The molecule has 0 saturated carbocycles. The topological polar surface area (TPSA) is 13.1 Å². The van der Waals surface area contributed by atoms with Crippen LogP contribution in [0.15, 0.2) is 162 Å². The van der Waals surface area contributed by atoms with Crippen LogP contribution in [-0.4, -0.2) is 0 Å². The van der Waals surface area contributed by atoms with Crippen LogP contribution in [0.1, 0.15) is 0 Å². The van der Waals surface area contributed by atoms with Gasteiger partial charge in [0.25, 0.3) is 0 Å². The summed E-state index contributed by atoms with van der Waals surface area (Å²) in [6.07, 6.45) is 0. The molecule has 9 rings (SSSR count). The van der Waals surface area contributed by atoms with E-state index in [0.717, 1.165) is 27.5 Å². The van der Waals surface area contributed by atoms with E-state index in [2.05, 4.69) is 158 Å². The van der Waals surface area contributed by atoms with Crippen molar-refractivity contribution >= 4 is 54.3 Å². The Kier molecular flexibility index (Phi) is 5.27. The van der Waals surface area contributed by atoms with Gasteiger partial charge in [-0.15, -0.1) is 0 Å². The summed E-state index contributed by atoms with van der Waals surface area (Å²) in [7, 11) is 0. The molecule has 0 aliphatic rings. The summed E-state index contributed by atoms with van der Waals surface area (Å²) in [6.45, 7) is 0. The van der Waals surface area contributed by atoms with Gasteiger partial charge in [-0.1, -0.05) is 127 Å². The van der Waals surface area contributed by atoms with Gasteiger partial charge in [-0.3, -0.25) is 0 Å². The summed E-state index contributed by atoms with van der Waals surface area (Å²) in [5.41, 5.74) is 9.16. The first kappa shape index (κ1) is 24.0. The molecule has 0 radical (unpaired) electrons. The van der Waals surface area contributed by atoms with Crippen LogP contribution in [0.4, 0.5) is 0 Å². The molecule has 8 aromatic carbocycles. The van der Waals surface area contributed by atoms with Crippen LogP contribution in [0.25, 0.3) is 87.6 Å². The van der Waals surface area contributed by atoms with Crippen molar-refractivity contribution in [1.82, 2.24) is 0 Å². The van der Waals surface area contributed by atoms with E-state index in [9.17, 15) is 0 Å². The summed E-state index contributed by atoms with van der Waals surface area (Å²) in [5.74, 6) is 0. The molecule has 0 N–H and O–H groups in total. The second-order valence-electron chi connectivity index (χ2n) is 11.3. The van der Waals surface area contributed by atoms with Crippen LogP contribution in [0, 0.1) is 0 Å². The minimum atomic E-state index is 0.913. The Bertz CT molecular complexity index is 2440. The molecule has 1 heteroatoms. The third-order valence-corrected chi connectivity index (χ3v) is 8.82. The Labute approximate surface area is 249 Å². The molecule has 0 aliphatic carbocycles. The second-order valence-corrected chi connectivity index (χ2v) is 11.3. The van der Waals surface area contributed by atoms with E-state index in [1.54, 1.807) is 0 Å². The number of hydrogen-bond donors (Lipinski definition) is 0. The molecule has 0 aliphatic heterocycles. The zero-order valence-corrected chi connectivity index (χ0v) is 23.4. The highest BCUT2D eigenvalue weighted by molar-refractivity contribution is 6.21. The Hall–Kier alpha value is -5.66. The lowest BCUT2D eigenvalue weighted by Crippen LogP contribution is -1.91. The van der Waals surface area contributed by atoms with Gasteiger partial charge in [-0.25, -0.2) is 0 Å². The Balaban J connectivity index is 1.24. The van der Waals surface area contributed by atoms with Crippen molar-refractivity contribution in [3.63, 3.8) is 0 Å². The van der Waals surface area contributed by atoms with Crippen LogP contribution in [0.2, 0.25) is 0 Å². The molecule has 43 heavy (non-hydrogen) atoms. The Morgan fingerprint density at radius 1 is 0.279 bits per heavy atom. The maximum Gasteiger partial charge on any atom is 0.136 e. The maximum atomic E-state index is 6.41. The highest BCUT2D eigenvalue weighted by atomic mass is 16.3. The monoisotopic (exact) mass is 546 g/mol. The van der Waals surface area contributed by atoms with Crippen LogP contribution in [0.5, 0.6) is 0 Å². The quantitative estimate of drug-likeness (QED) is 0.201. The lowest BCUT2D eigenvalue weighted by Gasteiger charge is -2.18. The highest BCUT2D eigenvalue weighted by Gasteiger charge is 2.17. The third kappa shape index (κ3) is 3.79. The normalized spacial score (nSPS) is 11.7. The fourth-order valence-corrected chi connectivity index (χ4v) is 6.85. The fourth-order valence-electron chi connectivity index (χ4n) is 6.85. The molecule has 0 atom stereocenters. The van der Waals surface area contributed by atoms with Gasteiger partial charge < -0.3 is 4.42 Å². The smallest absolute Gasteiger partial charge is 0.136 e. The molecule has 0 unspecified atom stereocenters. The molecule has 0 spiro atoms. The van der Waals surface area contributed by atoms with Crippen LogP contribution in [-0.2, 0) is 0 Å². The molecule has 0 bridgehead atoms. The molecular weight excluding hydrogens is 520 g/mol. The molecule has 9 aromatic rings. The summed E-state index contributed by atoms with van der Waals surface area (Å²) in [6, 6.07) is 56.8. The van der Waals surface area contributed by atoms with E-state index in [4.69, 9.17) is 4.42 Å². The van der Waals surface area contributed by atoms with E-state index >= 15 is 0 Å². The zero-order chi connectivity index (χ0) is 28.3. The number of fused-ring (bicyclic) bond motifs is 6.